The van der Waals surface area contributed by atoms with Crippen LogP contribution < -0.4 is 0 Å². The van der Waals surface area contributed by atoms with Crippen molar-refractivity contribution in [3.05, 3.63) is 146 Å². The van der Waals surface area contributed by atoms with Crippen LogP contribution in [0.25, 0.3) is 64.7 Å². The fraction of sp³-hybridized carbons (Fsp3) is 0. The zero-order valence-corrected chi connectivity index (χ0v) is 21.1. The van der Waals surface area contributed by atoms with E-state index in [0.717, 1.165) is 0 Å². The molecule has 6 aromatic carbocycles. The molecule has 7 rings (SSSR count). The molecule has 1 heterocycles. The molecule has 174 valence electrons. The highest BCUT2D eigenvalue weighted by molar-refractivity contribution is 7.26. The maximum Gasteiger partial charge on any atom is 0.0434 e. The van der Waals surface area contributed by atoms with E-state index in [9.17, 15) is 0 Å². The van der Waals surface area contributed by atoms with Gasteiger partial charge in [-0.15, -0.1) is 11.3 Å². The second kappa shape index (κ2) is 9.20. The summed E-state index contributed by atoms with van der Waals surface area (Å²) in [6, 6.07) is 52.6. The minimum atomic E-state index is 1.24. The van der Waals surface area contributed by atoms with Gasteiger partial charge in [0.2, 0.25) is 0 Å². The van der Waals surface area contributed by atoms with Crippen LogP contribution in [0.5, 0.6) is 0 Å². The largest absolute Gasteiger partial charge is 0.135 e. The zero-order chi connectivity index (χ0) is 24.6. The van der Waals surface area contributed by atoms with Gasteiger partial charge in [-0.1, -0.05) is 127 Å². The molecule has 0 aliphatic rings. The van der Waals surface area contributed by atoms with Crippen molar-refractivity contribution >= 4 is 31.5 Å². The highest BCUT2D eigenvalue weighted by Gasteiger charge is 2.14. The molecule has 0 atom stereocenters. The third kappa shape index (κ3) is 4.04. The average Bonchev–Trinajstić information content (AvgIpc) is 3.37. The zero-order valence-electron chi connectivity index (χ0n) is 20.3. The Balaban J connectivity index is 1.38. The molecule has 0 aliphatic carbocycles. The molecule has 0 bridgehead atoms. The Morgan fingerprint density at radius 2 is 0.784 bits per heavy atom. The Kier molecular flexibility index (Phi) is 5.42. The van der Waals surface area contributed by atoms with Gasteiger partial charge in [0.25, 0.3) is 0 Å². The molecule has 37 heavy (non-hydrogen) atoms. The summed E-state index contributed by atoms with van der Waals surface area (Å²) in [4.78, 5) is 0. The first kappa shape index (κ1) is 21.8. The van der Waals surface area contributed by atoms with Crippen LogP contribution in [0.4, 0.5) is 0 Å². The lowest BCUT2D eigenvalue weighted by Gasteiger charge is -2.11. The van der Waals surface area contributed by atoms with E-state index in [0.29, 0.717) is 0 Å². The normalized spacial score (nSPS) is 11.2. The van der Waals surface area contributed by atoms with Crippen molar-refractivity contribution in [2.24, 2.45) is 0 Å². The predicted octanol–water partition coefficient (Wildman–Crippen LogP) is 10.7. The van der Waals surface area contributed by atoms with E-state index >= 15 is 0 Å². The second-order valence-corrected chi connectivity index (χ2v) is 10.4. The molecule has 0 saturated carbocycles. The van der Waals surface area contributed by atoms with Crippen LogP contribution >= 0.6 is 11.3 Å². The van der Waals surface area contributed by atoms with E-state index in [2.05, 4.69) is 146 Å². The number of fused-ring (bicyclic) bond motifs is 3. The fourth-order valence-corrected chi connectivity index (χ4v) is 6.39. The second-order valence-electron chi connectivity index (χ2n) is 9.39. The van der Waals surface area contributed by atoms with Gasteiger partial charge in [-0.25, -0.2) is 0 Å². The van der Waals surface area contributed by atoms with Crippen molar-refractivity contribution in [1.29, 1.82) is 0 Å². The molecule has 0 amide bonds. The molecule has 0 saturated heterocycles. The van der Waals surface area contributed by atoms with Crippen molar-refractivity contribution in [1.82, 2.24) is 0 Å². The molecule has 1 heteroatoms. The third-order valence-corrected chi connectivity index (χ3v) is 8.33. The summed E-state index contributed by atoms with van der Waals surface area (Å²) < 4.78 is 2.68. The molecule has 0 fully saturated rings. The molecule has 0 aliphatic heterocycles. The van der Waals surface area contributed by atoms with Crippen LogP contribution in [0.3, 0.4) is 0 Å². The van der Waals surface area contributed by atoms with Crippen LogP contribution in [-0.4, -0.2) is 0 Å². The molecule has 0 N–H and O–H groups in total. The average molecular weight is 489 g/mol. The van der Waals surface area contributed by atoms with Gasteiger partial charge in [0, 0.05) is 25.7 Å². The van der Waals surface area contributed by atoms with Crippen molar-refractivity contribution in [3.8, 4) is 44.5 Å². The van der Waals surface area contributed by atoms with Gasteiger partial charge < -0.3 is 0 Å². The Morgan fingerprint density at radius 3 is 1.38 bits per heavy atom. The monoisotopic (exact) mass is 488 g/mol. The molecule has 0 radical (unpaired) electrons. The first-order valence-corrected chi connectivity index (χ1v) is 13.4. The summed E-state index contributed by atoms with van der Waals surface area (Å²) in [5, 5.41) is 2.65. The van der Waals surface area contributed by atoms with E-state index in [-0.39, 0.29) is 0 Å². The molecule has 0 unspecified atom stereocenters. The van der Waals surface area contributed by atoms with Crippen LogP contribution in [-0.2, 0) is 0 Å². The molecular weight excluding hydrogens is 464 g/mol. The molecule has 0 nitrogen and oxygen atoms in total. The number of thiophene rings is 1. The van der Waals surface area contributed by atoms with E-state index < -0.39 is 0 Å². The quantitative estimate of drug-likeness (QED) is 0.231. The lowest BCUT2D eigenvalue weighted by molar-refractivity contribution is 1.59. The number of hydrogen-bond donors (Lipinski definition) is 0. The molecule has 0 spiro atoms. The molecule has 1 aromatic heterocycles. The number of rotatable bonds is 4. The van der Waals surface area contributed by atoms with E-state index in [1.165, 1.54) is 64.7 Å². The Hall–Kier alpha value is -4.46. The van der Waals surface area contributed by atoms with E-state index in [4.69, 9.17) is 0 Å². The van der Waals surface area contributed by atoms with Gasteiger partial charge >= 0.3 is 0 Å². The highest BCUT2D eigenvalue weighted by Crippen LogP contribution is 2.43. The summed E-state index contributed by atoms with van der Waals surface area (Å²) >= 11 is 1.89. The highest BCUT2D eigenvalue weighted by atomic mass is 32.1. The Labute approximate surface area is 221 Å². The molecule has 7 aromatic rings. The van der Waals surface area contributed by atoms with Gasteiger partial charge in [-0.05, 0) is 57.1 Å². The van der Waals surface area contributed by atoms with E-state index in [1.54, 1.807) is 0 Å². The first-order chi connectivity index (χ1) is 18.3. The number of benzene rings is 6. The topological polar surface area (TPSA) is 0 Å². The standard InChI is InChI=1S/C36H24S/c1-3-9-25(10-4-1)27-15-17-29(18-16-27)31-23-33(36-34(24-31)32-13-7-8-14-35(32)37-36)30-21-19-28(20-22-30)26-11-5-2-6-12-26/h1-24H. The maximum atomic E-state index is 2.37. The van der Waals surface area contributed by atoms with Gasteiger partial charge in [-0.2, -0.15) is 0 Å². The van der Waals surface area contributed by atoms with Crippen LogP contribution in [0.15, 0.2) is 146 Å². The van der Waals surface area contributed by atoms with Gasteiger partial charge in [0.15, 0.2) is 0 Å². The van der Waals surface area contributed by atoms with E-state index in [1.807, 2.05) is 11.3 Å². The minimum absolute atomic E-state index is 1.24. The summed E-state index contributed by atoms with van der Waals surface area (Å²) in [6.07, 6.45) is 0. The van der Waals surface area contributed by atoms with Gasteiger partial charge in [0.1, 0.15) is 0 Å². The first-order valence-electron chi connectivity index (χ1n) is 12.6. The number of hydrogen-bond acceptors (Lipinski definition) is 1. The lowest BCUT2D eigenvalue weighted by Crippen LogP contribution is -1.85. The summed E-state index contributed by atoms with van der Waals surface area (Å²) in [5.74, 6) is 0. The van der Waals surface area contributed by atoms with Crippen molar-refractivity contribution in [2.75, 3.05) is 0 Å². The van der Waals surface area contributed by atoms with Crippen LogP contribution in [0.2, 0.25) is 0 Å². The Bertz CT molecular complexity index is 1830. The van der Waals surface area contributed by atoms with Crippen LogP contribution in [0, 0.1) is 0 Å². The van der Waals surface area contributed by atoms with Crippen molar-refractivity contribution in [3.63, 3.8) is 0 Å². The SMILES string of the molecule is c1ccc(-c2ccc(-c3cc(-c4ccc(-c5ccccc5)cc4)c4sc5ccccc5c4c3)cc2)cc1. The lowest BCUT2D eigenvalue weighted by atomic mass is 9.94. The minimum Gasteiger partial charge on any atom is -0.135 e. The molecular formula is C36H24S. The summed E-state index contributed by atoms with van der Waals surface area (Å²) in [5.41, 5.74) is 9.99. The fourth-order valence-electron chi connectivity index (χ4n) is 5.17. The third-order valence-electron chi connectivity index (χ3n) is 7.11. The van der Waals surface area contributed by atoms with Crippen molar-refractivity contribution in [2.45, 2.75) is 0 Å². The summed E-state index contributed by atoms with van der Waals surface area (Å²) in [7, 11) is 0. The van der Waals surface area contributed by atoms with Gasteiger partial charge in [0.05, 0.1) is 0 Å². The summed E-state index contributed by atoms with van der Waals surface area (Å²) in [6.45, 7) is 0. The Morgan fingerprint density at radius 1 is 0.324 bits per heavy atom. The van der Waals surface area contributed by atoms with Crippen molar-refractivity contribution < 1.29 is 0 Å². The smallest absolute Gasteiger partial charge is 0.0434 e. The van der Waals surface area contributed by atoms with Gasteiger partial charge in [-0.3, -0.25) is 0 Å². The van der Waals surface area contributed by atoms with Crippen LogP contribution in [0.1, 0.15) is 0 Å². The predicted molar refractivity (Wildman–Crippen MR) is 161 cm³/mol. The maximum absolute atomic E-state index is 2.37.